The zero-order chi connectivity index (χ0) is 18.5. The van der Waals surface area contributed by atoms with E-state index in [0.29, 0.717) is 20.7 Å². The van der Waals surface area contributed by atoms with E-state index >= 15 is 0 Å². The van der Waals surface area contributed by atoms with Crippen molar-refractivity contribution in [1.29, 1.82) is 0 Å². The number of ether oxygens (including phenoxy) is 1. The van der Waals surface area contributed by atoms with E-state index in [2.05, 4.69) is 10.3 Å². The number of nitrogens with one attached hydrogen (secondary N) is 1. The second-order valence-corrected chi connectivity index (χ2v) is 7.97. The molecule has 0 spiro atoms. The van der Waals surface area contributed by atoms with Crippen molar-refractivity contribution in [3.63, 3.8) is 0 Å². The first-order valence-electron chi connectivity index (χ1n) is 7.59. The van der Waals surface area contributed by atoms with Crippen molar-refractivity contribution in [3.8, 4) is 5.75 Å². The average Bonchev–Trinajstić information content (AvgIpc) is 3.10. The van der Waals surface area contributed by atoms with E-state index < -0.39 is 10.8 Å². The van der Waals surface area contributed by atoms with E-state index in [4.69, 9.17) is 4.74 Å². The van der Waals surface area contributed by atoms with Gasteiger partial charge in [0.05, 0.1) is 17.0 Å². The van der Waals surface area contributed by atoms with Crippen LogP contribution in [0.4, 0.5) is 9.52 Å². The molecule has 3 aromatic rings. The van der Waals surface area contributed by atoms with Gasteiger partial charge in [-0.2, -0.15) is 0 Å². The van der Waals surface area contributed by atoms with Crippen LogP contribution in [0.5, 0.6) is 5.75 Å². The van der Waals surface area contributed by atoms with Crippen molar-refractivity contribution in [1.82, 2.24) is 4.98 Å². The number of hydrogen-bond acceptors (Lipinski definition) is 5. The van der Waals surface area contributed by atoms with Gasteiger partial charge in [-0.15, -0.1) is 0 Å². The lowest BCUT2D eigenvalue weighted by molar-refractivity contribution is 0.102. The highest BCUT2D eigenvalue weighted by atomic mass is 32.2. The van der Waals surface area contributed by atoms with Gasteiger partial charge in [-0.25, -0.2) is 9.37 Å². The highest BCUT2D eigenvalue weighted by Crippen LogP contribution is 2.22. The van der Waals surface area contributed by atoms with Gasteiger partial charge in [0.2, 0.25) is 0 Å². The van der Waals surface area contributed by atoms with Crippen molar-refractivity contribution < 1.29 is 18.1 Å². The Morgan fingerprint density at radius 3 is 2.73 bits per heavy atom. The first-order valence-corrected chi connectivity index (χ1v) is 9.96. The lowest BCUT2D eigenvalue weighted by Gasteiger charge is -2.08. The molecule has 0 aliphatic carbocycles. The van der Waals surface area contributed by atoms with E-state index in [1.807, 2.05) is 0 Å². The molecule has 134 valence electrons. The highest BCUT2D eigenvalue weighted by molar-refractivity contribution is 7.86. The molecule has 0 saturated heterocycles. The molecule has 0 bridgehead atoms. The average molecular weight is 390 g/mol. The summed E-state index contributed by atoms with van der Waals surface area (Å²) in [5.41, 5.74) is 1.24. The van der Waals surface area contributed by atoms with Crippen LogP contribution in [0, 0.1) is 5.82 Å². The summed E-state index contributed by atoms with van der Waals surface area (Å²) in [5.74, 6) is -0.110. The van der Waals surface area contributed by atoms with Gasteiger partial charge in [-0.05, 0) is 35.9 Å². The summed E-state index contributed by atoms with van der Waals surface area (Å²) in [5, 5.41) is 3.06. The molecule has 0 aliphatic heterocycles. The molecule has 2 aromatic carbocycles. The zero-order valence-electron chi connectivity index (χ0n) is 13.8. The number of nitrogens with zero attached hydrogens (tertiary/aromatic N) is 1. The number of carbonyl (C=O) groups is 1. The third-order valence-corrected chi connectivity index (χ3v) is 5.74. The molecule has 5 nitrogen and oxygen atoms in total. The second kappa shape index (κ2) is 8.20. The number of benzene rings is 2. The fourth-order valence-corrected chi connectivity index (χ4v) is 3.55. The fraction of sp³-hybridized carbons (Fsp3) is 0.111. The van der Waals surface area contributed by atoms with E-state index in [9.17, 15) is 13.4 Å². The largest absolute Gasteiger partial charge is 0.489 e. The van der Waals surface area contributed by atoms with Crippen molar-refractivity contribution in [2.45, 2.75) is 10.8 Å². The van der Waals surface area contributed by atoms with E-state index in [-0.39, 0.29) is 18.3 Å². The lowest BCUT2D eigenvalue weighted by atomic mass is 10.2. The van der Waals surface area contributed by atoms with Crippen molar-refractivity contribution in [3.05, 3.63) is 71.7 Å². The van der Waals surface area contributed by atoms with Gasteiger partial charge in [0, 0.05) is 11.8 Å². The standard InChI is InChI=1S/C18H15FN2O3S2/c1-26(23)16-10-20-18(25-16)21-17(22)13-3-2-4-15(9-13)24-11-12-5-7-14(19)8-6-12/h2-10H,11H2,1H3,(H,20,21,22). The predicted octanol–water partition coefficient (Wildman–Crippen LogP) is 3.85. The molecule has 0 aliphatic rings. The molecule has 1 N–H and O–H groups in total. The van der Waals surface area contributed by atoms with Gasteiger partial charge in [-0.1, -0.05) is 29.5 Å². The van der Waals surface area contributed by atoms with E-state index in [1.165, 1.54) is 29.7 Å². The van der Waals surface area contributed by atoms with Crippen LogP contribution in [-0.4, -0.2) is 21.4 Å². The maximum absolute atomic E-state index is 12.9. The minimum Gasteiger partial charge on any atom is -0.489 e. The predicted molar refractivity (Wildman–Crippen MR) is 99.6 cm³/mol. The molecule has 8 heteroatoms. The van der Waals surface area contributed by atoms with Crippen LogP contribution in [0.15, 0.2) is 58.9 Å². The molecule has 1 aromatic heterocycles. The Bertz CT molecular complexity index is 942. The highest BCUT2D eigenvalue weighted by Gasteiger charge is 2.11. The lowest BCUT2D eigenvalue weighted by Crippen LogP contribution is -2.11. The first kappa shape index (κ1) is 18.2. The fourth-order valence-electron chi connectivity index (χ4n) is 2.09. The molecule has 1 heterocycles. The van der Waals surface area contributed by atoms with Crippen LogP contribution in [0.3, 0.4) is 0 Å². The Labute approximate surface area is 156 Å². The Hall–Kier alpha value is -2.58. The second-order valence-electron chi connectivity index (χ2n) is 5.34. The number of rotatable bonds is 6. The summed E-state index contributed by atoms with van der Waals surface area (Å²) >= 11 is 1.17. The normalized spacial score (nSPS) is 11.8. The first-order chi connectivity index (χ1) is 12.5. The number of amides is 1. The Kier molecular flexibility index (Phi) is 5.75. The third kappa shape index (κ3) is 4.74. The Morgan fingerprint density at radius 1 is 1.27 bits per heavy atom. The quantitative estimate of drug-likeness (QED) is 0.694. The molecular weight excluding hydrogens is 375 g/mol. The maximum Gasteiger partial charge on any atom is 0.257 e. The molecule has 3 rings (SSSR count). The number of anilines is 1. The van der Waals surface area contributed by atoms with Crippen LogP contribution in [-0.2, 0) is 17.4 Å². The number of thiazole rings is 1. The minimum absolute atomic E-state index is 0.267. The summed E-state index contributed by atoms with van der Waals surface area (Å²) in [6.45, 7) is 0.267. The summed E-state index contributed by atoms with van der Waals surface area (Å²) in [4.78, 5) is 16.4. The van der Waals surface area contributed by atoms with Crippen molar-refractivity contribution >= 4 is 33.2 Å². The number of halogens is 1. The summed E-state index contributed by atoms with van der Waals surface area (Å²) in [7, 11) is -1.13. The van der Waals surface area contributed by atoms with Gasteiger partial charge < -0.3 is 4.74 Å². The monoisotopic (exact) mass is 390 g/mol. The molecule has 0 radical (unpaired) electrons. The SMILES string of the molecule is CS(=O)c1cnc(NC(=O)c2cccc(OCc3ccc(F)cc3)c2)s1. The topological polar surface area (TPSA) is 68.3 Å². The number of aromatic nitrogens is 1. The molecule has 1 amide bonds. The van der Waals surface area contributed by atoms with Crippen LogP contribution in [0.25, 0.3) is 0 Å². The van der Waals surface area contributed by atoms with Gasteiger partial charge in [0.15, 0.2) is 5.13 Å². The Morgan fingerprint density at radius 2 is 2.04 bits per heavy atom. The molecule has 0 fully saturated rings. The smallest absolute Gasteiger partial charge is 0.257 e. The summed E-state index contributed by atoms with van der Waals surface area (Å²) < 4.78 is 30.6. The zero-order valence-corrected chi connectivity index (χ0v) is 15.4. The number of carbonyl (C=O) groups excluding carboxylic acids is 1. The van der Waals surface area contributed by atoms with Gasteiger partial charge in [0.25, 0.3) is 5.91 Å². The van der Waals surface area contributed by atoms with Crippen LogP contribution >= 0.6 is 11.3 Å². The van der Waals surface area contributed by atoms with E-state index in [1.54, 1.807) is 42.7 Å². The molecule has 26 heavy (non-hydrogen) atoms. The van der Waals surface area contributed by atoms with Gasteiger partial charge in [-0.3, -0.25) is 14.3 Å². The van der Waals surface area contributed by atoms with Crippen molar-refractivity contribution in [2.75, 3.05) is 11.6 Å². The van der Waals surface area contributed by atoms with Gasteiger partial charge in [0.1, 0.15) is 22.4 Å². The molecule has 1 unspecified atom stereocenters. The number of hydrogen-bond donors (Lipinski definition) is 1. The molecular formula is C18H15FN2O3S2. The summed E-state index contributed by atoms with van der Waals surface area (Å²) in [6.07, 6.45) is 3.04. The maximum atomic E-state index is 12.9. The third-order valence-electron chi connectivity index (χ3n) is 3.40. The van der Waals surface area contributed by atoms with Crippen LogP contribution < -0.4 is 10.1 Å². The molecule has 0 saturated carbocycles. The molecule has 1 atom stereocenters. The van der Waals surface area contributed by atoms with Gasteiger partial charge >= 0.3 is 0 Å². The Balaban J connectivity index is 1.64. The van der Waals surface area contributed by atoms with E-state index in [0.717, 1.165) is 5.56 Å². The van der Waals surface area contributed by atoms with Crippen LogP contribution in [0.2, 0.25) is 0 Å². The minimum atomic E-state index is -1.13. The van der Waals surface area contributed by atoms with Crippen molar-refractivity contribution in [2.24, 2.45) is 0 Å². The van der Waals surface area contributed by atoms with Crippen LogP contribution in [0.1, 0.15) is 15.9 Å². The summed E-state index contributed by atoms with van der Waals surface area (Å²) in [6, 6.07) is 12.7.